The van der Waals surface area contributed by atoms with Crippen LogP contribution in [0.2, 0.25) is 10.0 Å². The van der Waals surface area contributed by atoms with Crippen LogP contribution in [0.15, 0.2) is 18.6 Å². The summed E-state index contributed by atoms with van der Waals surface area (Å²) in [6.07, 6.45) is -0.0433. The molecule has 14 heteroatoms. The molecule has 0 bridgehead atoms. The number of carbonyl (C=O) groups excluding carboxylic acids is 2. The van der Waals surface area contributed by atoms with E-state index in [1.54, 1.807) is 0 Å². The molecule has 0 atom stereocenters. The van der Waals surface area contributed by atoms with Gasteiger partial charge < -0.3 is 10.0 Å². The summed E-state index contributed by atoms with van der Waals surface area (Å²) < 4.78 is 59.2. The summed E-state index contributed by atoms with van der Waals surface area (Å²) in [6.45, 7) is -1.36. The second kappa shape index (κ2) is 11.4. The van der Waals surface area contributed by atoms with Crippen molar-refractivity contribution in [2.24, 2.45) is 5.92 Å². The van der Waals surface area contributed by atoms with Gasteiger partial charge in [-0.1, -0.05) is 36.0 Å². The van der Waals surface area contributed by atoms with Gasteiger partial charge in [0.05, 0.1) is 52.4 Å². The van der Waals surface area contributed by atoms with Crippen molar-refractivity contribution < 1.29 is 37.1 Å². The van der Waals surface area contributed by atoms with Gasteiger partial charge in [-0.3, -0.25) is 24.0 Å². The summed E-state index contributed by atoms with van der Waals surface area (Å²) in [5.74, 6) is -3.66. The number of hydrogen-bond donors (Lipinski definition) is 1. The van der Waals surface area contributed by atoms with Gasteiger partial charge in [-0.25, -0.2) is 4.39 Å². The molecular weight excluding hydrogens is 567 g/mol. The number of ketones is 1. The fraction of sp³-hybridized carbons (Fsp3) is 0.560. The molecule has 0 saturated heterocycles. The molecule has 2 aliphatic carbocycles. The summed E-state index contributed by atoms with van der Waals surface area (Å²) in [5.41, 5.74) is -4.18. The Morgan fingerprint density at radius 1 is 1.05 bits per heavy atom. The van der Waals surface area contributed by atoms with Crippen LogP contribution >= 0.6 is 23.2 Å². The van der Waals surface area contributed by atoms with E-state index in [9.17, 15) is 32.7 Å². The minimum Gasteiger partial charge on any atom is -0.481 e. The van der Waals surface area contributed by atoms with Crippen LogP contribution in [0.4, 0.5) is 17.6 Å². The molecule has 0 aliphatic heterocycles. The highest BCUT2D eigenvalue weighted by molar-refractivity contribution is 6.39. The first kappa shape index (κ1) is 29.3. The molecule has 0 radical (unpaired) electrons. The molecular formula is C25H26Cl2F4N4O4. The number of nitrogens with zero attached hydrogens (tertiary/aromatic N) is 4. The number of hydrogen-bond acceptors (Lipinski definition) is 5. The minimum atomic E-state index is -5.00. The number of carboxylic acids is 1. The van der Waals surface area contributed by atoms with Crippen LogP contribution in [-0.4, -0.2) is 61.2 Å². The van der Waals surface area contributed by atoms with Crippen LogP contribution < -0.4 is 0 Å². The quantitative estimate of drug-likeness (QED) is 0.296. The smallest absolute Gasteiger partial charge is 0.433 e. The molecule has 39 heavy (non-hydrogen) atoms. The number of Topliss-reactive ketones (excluding diaryl/α,β-unsaturated/α-hetero) is 1. The monoisotopic (exact) mass is 592 g/mol. The third-order valence-corrected chi connectivity index (χ3v) is 7.99. The molecule has 212 valence electrons. The number of alkyl halides is 4. The Hall–Kier alpha value is -2.73. The molecule has 2 aromatic heterocycles. The summed E-state index contributed by atoms with van der Waals surface area (Å²) in [7, 11) is 0. The van der Waals surface area contributed by atoms with Crippen molar-refractivity contribution in [3.05, 3.63) is 45.5 Å². The summed E-state index contributed by atoms with van der Waals surface area (Å²) in [4.78, 5) is 42.5. The van der Waals surface area contributed by atoms with E-state index < -0.39 is 65.8 Å². The molecule has 0 aromatic carbocycles. The maximum atomic E-state index is 15.5. The topological polar surface area (TPSA) is 105 Å². The molecule has 2 fully saturated rings. The second-order valence-corrected chi connectivity index (χ2v) is 10.9. The van der Waals surface area contributed by atoms with E-state index in [0.717, 1.165) is 23.5 Å². The van der Waals surface area contributed by atoms with Crippen LogP contribution in [0.3, 0.4) is 0 Å². The maximum Gasteiger partial charge on any atom is 0.433 e. The van der Waals surface area contributed by atoms with E-state index in [4.69, 9.17) is 23.2 Å². The number of carboxylic acid groups (broad SMARTS) is 1. The fourth-order valence-electron chi connectivity index (χ4n) is 5.45. The lowest BCUT2D eigenvalue weighted by molar-refractivity contribution is -0.147. The zero-order valence-electron chi connectivity index (χ0n) is 20.7. The van der Waals surface area contributed by atoms with Gasteiger partial charge in [0, 0.05) is 12.4 Å². The summed E-state index contributed by atoms with van der Waals surface area (Å²) in [5, 5.41) is 12.9. The zero-order valence-corrected chi connectivity index (χ0v) is 22.2. The SMILES string of the molecule is O=C(CN(CC1(F)CCCC1)C(=O)c1cnn([C@H]2CC[C@@H](C(=O)O)CC2)c1C(F)(F)F)c1c(Cl)cncc1Cl. The average Bonchev–Trinajstić information content (AvgIpc) is 3.50. The van der Waals surface area contributed by atoms with E-state index in [0.29, 0.717) is 17.5 Å². The van der Waals surface area contributed by atoms with Gasteiger partial charge in [0.2, 0.25) is 0 Å². The third kappa shape index (κ3) is 6.37. The molecule has 1 N–H and O–H groups in total. The van der Waals surface area contributed by atoms with Gasteiger partial charge in [0.25, 0.3) is 5.91 Å². The Morgan fingerprint density at radius 3 is 2.18 bits per heavy atom. The van der Waals surface area contributed by atoms with E-state index in [1.807, 2.05) is 0 Å². The number of amides is 1. The molecule has 2 aromatic rings. The van der Waals surface area contributed by atoms with E-state index >= 15 is 4.39 Å². The number of pyridine rings is 1. The van der Waals surface area contributed by atoms with Gasteiger partial charge in [-0.05, 0) is 38.5 Å². The van der Waals surface area contributed by atoms with Crippen LogP contribution in [0.1, 0.15) is 83.8 Å². The molecule has 8 nitrogen and oxygen atoms in total. The lowest BCUT2D eigenvalue weighted by Crippen LogP contribution is -2.45. The van der Waals surface area contributed by atoms with Crippen LogP contribution in [0, 0.1) is 5.92 Å². The first-order valence-electron chi connectivity index (χ1n) is 12.5. The van der Waals surface area contributed by atoms with Crippen molar-refractivity contribution in [1.29, 1.82) is 0 Å². The van der Waals surface area contributed by atoms with Crippen molar-refractivity contribution in [1.82, 2.24) is 19.7 Å². The van der Waals surface area contributed by atoms with Crippen molar-refractivity contribution in [2.45, 2.75) is 69.3 Å². The number of aliphatic carboxylic acids is 1. The molecule has 0 unspecified atom stereocenters. The van der Waals surface area contributed by atoms with Crippen molar-refractivity contribution in [3.8, 4) is 0 Å². The summed E-state index contributed by atoms with van der Waals surface area (Å²) >= 11 is 12.1. The number of halogens is 6. The Morgan fingerprint density at radius 2 is 1.64 bits per heavy atom. The molecule has 2 aliphatic rings. The highest BCUT2D eigenvalue weighted by Gasteiger charge is 2.45. The first-order valence-corrected chi connectivity index (χ1v) is 13.2. The predicted molar refractivity (Wildman–Crippen MR) is 133 cm³/mol. The Labute approximate surface area is 231 Å². The van der Waals surface area contributed by atoms with Gasteiger partial charge >= 0.3 is 12.1 Å². The van der Waals surface area contributed by atoms with Crippen molar-refractivity contribution in [3.63, 3.8) is 0 Å². The molecule has 0 spiro atoms. The maximum absolute atomic E-state index is 15.5. The van der Waals surface area contributed by atoms with E-state index in [2.05, 4.69) is 10.1 Å². The van der Waals surface area contributed by atoms with Gasteiger partial charge in [-0.2, -0.15) is 18.3 Å². The van der Waals surface area contributed by atoms with E-state index in [1.165, 1.54) is 0 Å². The Balaban J connectivity index is 1.68. The summed E-state index contributed by atoms with van der Waals surface area (Å²) in [6, 6.07) is -0.773. The fourth-order valence-corrected chi connectivity index (χ4v) is 6.03. The van der Waals surface area contributed by atoms with Crippen LogP contribution in [0.25, 0.3) is 0 Å². The molecule has 4 rings (SSSR count). The van der Waals surface area contributed by atoms with Crippen LogP contribution in [0.5, 0.6) is 0 Å². The highest BCUT2D eigenvalue weighted by Crippen LogP contribution is 2.40. The predicted octanol–water partition coefficient (Wildman–Crippen LogP) is 6.03. The van der Waals surface area contributed by atoms with Crippen LogP contribution in [-0.2, 0) is 11.0 Å². The Kier molecular flexibility index (Phi) is 8.55. The normalized spacial score (nSPS) is 21.1. The van der Waals surface area contributed by atoms with Gasteiger partial charge in [0.1, 0.15) is 5.67 Å². The standard InChI is InChI=1S/C25H26Cl2F4N4O4/c26-17-10-32-11-18(27)20(17)19(36)12-34(13-24(28)7-1-2-8-24)22(37)16-9-33-35(21(16)25(29,30)31)15-5-3-14(4-6-15)23(38)39/h9-11,14-15H,1-8,12-13H2,(H,38,39)/t14-,15+. The number of carbonyl (C=O) groups is 3. The first-order chi connectivity index (χ1) is 18.3. The van der Waals surface area contributed by atoms with Gasteiger partial charge in [0.15, 0.2) is 11.5 Å². The second-order valence-electron chi connectivity index (χ2n) is 10.1. The minimum absolute atomic E-state index is 0.0972. The largest absolute Gasteiger partial charge is 0.481 e. The lowest BCUT2D eigenvalue weighted by atomic mass is 9.86. The average molecular weight is 593 g/mol. The zero-order chi connectivity index (χ0) is 28.5. The lowest BCUT2D eigenvalue weighted by Gasteiger charge is -2.30. The highest BCUT2D eigenvalue weighted by atomic mass is 35.5. The van der Waals surface area contributed by atoms with Crippen molar-refractivity contribution >= 4 is 40.9 Å². The molecule has 2 heterocycles. The third-order valence-electron chi connectivity index (χ3n) is 7.41. The number of aromatic nitrogens is 3. The Bertz CT molecular complexity index is 1230. The van der Waals surface area contributed by atoms with Gasteiger partial charge in [-0.15, -0.1) is 0 Å². The molecule has 1 amide bonds. The molecule has 2 saturated carbocycles. The van der Waals surface area contributed by atoms with E-state index in [-0.39, 0.29) is 54.1 Å². The number of rotatable bonds is 8. The van der Waals surface area contributed by atoms with Crippen molar-refractivity contribution in [2.75, 3.05) is 13.1 Å².